The summed E-state index contributed by atoms with van der Waals surface area (Å²) in [6, 6.07) is 14.9. The van der Waals surface area contributed by atoms with Crippen molar-refractivity contribution in [1.82, 2.24) is 0 Å². The Morgan fingerprint density at radius 2 is 1.06 bits per heavy atom. The molecule has 4 aromatic carbocycles. The fourth-order valence-electron chi connectivity index (χ4n) is 4.09. The second-order valence-corrected chi connectivity index (χ2v) is 10.1. The van der Waals surface area contributed by atoms with Crippen LogP contribution in [-0.2, 0) is 28.5 Å². The minimum atomic E-state index is -1.11. The number of nitrogens with zero attached hydrogens (tertiary/aromatic N) is 2. The summed E-state index contributed by atoms with van der Waals surface area (Å²) in [5, 5.41) is 24.3. The first-order valence-corrected chi connectivity index (χ1v) is 14.7. The summed E-state index contributed by atoms with van der Waals surface area (Å²) in [5.74, 6) is -4.57. The highest BCUT2D eigenvalue weighted by atomic mass is 35.5. The molecule has 0 fully saturated rings. The first-order chi connectivity index (χ1) is 25.1. The zero-order valence-corrected chi connectivity index (χ0v) is 29.5. The van der Waals surface area contributed by atoms with Gasteiger partial charge in [-0.25, -0.2) is 23.2 Å². The number of nitro benzene ring substituents is 2. The lowest BCUT2D eigenvalue weighted by atomic mass is 10.1. The van der Waals surface area contributed by atoms with Crippen LogP contribution in [0, 0.1) is 37.7 Å². The predicted molar refractivity (Wildman–Crippen MR) is 186 cm³/mol. The largest absolute Gasteiger partial charge is 0.468 e. The molecule has 16 nitrogen and oxygen atoms in total. The van der Waals surface area contributed by atoms with Crippen LogP contribution in [0.2, 0.25) is 0 Å². The molecule has 0 aliphatic rings. The van der Waals surface area contributed by atoms with Crippen LogP contribution >= 0.6 is 12.4 Å². The van der Waals surface area contributed by atoms with E-state index < -0.39 is 68.8 Å². The van der Waals surface area contributed by atoms with Gasteiger partial charge in [0.25, 0.3) is 5.69 Å². The molecule has 0 aliphatic heterocycles. The third kappa shape index (κ3) is 12.9. The van der Waals surface area contributed by atoms with Crippen molar-refractivity contribution >= 4 is 53.3 Å². The number of halogens is 4. The van der Waals surface area contributed by atoms with Crippen molar-refractivity contribution in [2.45, 2.75) is 12.1 Å². The number of nitrogens with one attached hydrogen (secondary N) is 1. The Kier molecular flexibility index (Phi) is 18.2. The topological polar surface area (TPSA) is 230 Å². The van der Waals surface area contributed by atoms with Gasteiger partial charge < -0.3 is 30.0 Å². The van der Waals surface area contributed by atoms with Crippen LogP contribution < -0.4 is 11.1 Å². The zero-order valence-electron chi connectivity index (χ0n) is 28.7. The number of benzene rings is 4. The van der Waals surface area contributed by atoms with E-state index in [9.17, 15) is 52.6 Å². The molecule has 0 bridgehead atoms. The number of anilines is 1. The van der Waals surface area contributed by atoms with Crippen LogP contribution in [0.4, 0.5) is 30.2 Å². The van der Waals surface area contributed by atoms with E-state index in [1.165, 1.54) is 55.6 Å². The number of nitrogens with two attached hydrogens (primary N) is 1. The Hall–Kier alpha value is -6.60. The van der Waals surface area contributed by atoms with Crippen LogP contribution in [-0.4, -0.2) is 62.2 Å². The molecule has 0 saturated carbocycles. The first-order valence-electron chi connectivity index (χ1n) is 14.7. The number of nitro groups is 2. The number of hydrogen-bond donors (Lipinski definition) is 2. The number of esters is 4. The fraction of sp³-hybridized carbons (Fsp3) is 0.176. The zero-order chi connectivity index (χ0) is 39.8. The maximum atomic E-state index is 13.1. The predicted octanol–water partition coefficient (Wildman–Crippen LogP) is 5.79. The molecule has 0 heterocycles. The molecular formula is C34H32ClF3N4O12. The highest BCUT2D eigenvalue weighted by Gasteiger charge is 2.26. The normalized spacial score (nSPS) is 10.9. The number of carbonyl (C=O) groups excluding carboxylic acids is 4. The van der Waals surface area contributed by atoms with Crippen LogP contribution in [0.15, 0.2) is 84.9 Å². The van der Waals surface area contributed by atoms with Crippen molar-refractivity contribution in [2.24, 2.45) is 5.73 Å². The molecule has 0 saturated heterocycles. The molecule has 20 heteroatoms. The van der Waals surface area contributed by atoms with Crippen LogP contribution in [0.3, 0.4) is 0 Å². The van der Waals surface area contributed by atoms with Crippen molar-refractivity contribution in [2.75, 3.05) is 33.8 Å². The van der Waals surface area contributed by atoms with Gasteiger partial charge in [-0.3, -0.25) is 25.0 Å². The molecule has 0 spiro atoms. The van der Waals surface area contributed by atoms with Crippen molar-refractivity contribution in [3.8, 4) is 0 Å². The number of rotatable bonds is 10. The van der Waals surface area contributed by atoms with Crippen molar-refractivity contribution in [1.29, 1.82) is 0 Å². The number of hydrogen-bond acceptors (Lipinski definition) is 14. The molecule has 0 aromatic heterocycles. The summed E-state index contributed by atoms with van der Waals surface area (Å²) >= 11 is 0. The van der Waals surface area contributed by atoms with Gasteiger partial charge in [-0.15, -0.1) is 12.4 Å². The summed E-state index contributed by atoms with van der Waals surface area (Å²) in [7, 11) is 4.71. The average molecular weight is 781 g/mol. The van der Waals surface area contributed by atoms with Crippen LogP contribution in [0.1, 0.15) is 43.9 Å². The Morgan fingerprint density at radius 3 is 1.48 bits per heavy atom. The molecular weight excluding hydrogens is 749 g/mol. The monoisotopic (exact) mass is 780 g/mol. The van der Waals surface area contributed by atoms with Gasteiger partial charge >= 0.3 is 29.6 Å². The van der Waals surface area contributed by atoms with Crippen molar-refractivity contribution in [3.05, 3.63) is 145 Å². The first kappa shape index (κ1) is 45.4. The van der Waals surface area contributed by atoms with Gasteiger partial charge in [-0.1, -0.05) is 24.3 Å². The third-order valence-corrected chi connectivity index (χ3v) is 6.80. The van der Waals surface area contributed by atoms with E-state index in [1.807, 2.05) is 0 Å². The maximum absolute atomic E-state index is 13.1. The Bertz CT molecular complexity index is 1950. The minimum Gasteiger partial charge on any atom is -0.468 e. The second kappa shape index (κ2) is 21.7. The van der Waals surface area contributed by atoms with E-state index >= 15 is 0 Å². The van der Waals surface area contributed by atoms with Crippen LogP contribution in [0.5, 0.6) is 0 Å². The molecule has 0 amide bonds. The van der Waals surface area contributed by atoms with E-state index in [-0.39, 0.29) is 35.0 Å². The molecule has 2 unspecified atom stereocenters. The van der Waals surface area contributed by atoms with E-state index in [0.29, 0.717) is 11.1 Å². The maximum Gasteiger partial charge on any atom is 0.338 e. The summed E-state index contributed by atoms with van der Waals surface area (Å²) in [4.78, 5) is 65.6. The Labute approximate surface area is 310 Å². The molecule has 3 N–H and O–H groups in total. The number of ether oxygens (including phenoxy) is 4. The molecule has 4 rings (SSSR count). The van der Waals surface area contributed by atoms with Gasteiger partial charge in [0.2, 0.25) is 5.82 Å². The fourth-order valence-corrected chi connectivity index (χ4v) is 4.09. The van der Waals surface area contributed by atoms with Gasteiger partial charge in [0.15, 0.2) is 6.04 Å². The summed E-state index contributed by atoms with van der Waals surface area (Å²) in [5.41, 5.74) is 5.14. The van der Waals surface area contributed by atoms with Crippen molar-refractivity contribution in [3.63, 3.8) is 0 Å². The lowest BCUT2D eigenvalue weighted by Crippen LogP contribution is -2.23. The molecule has 2 atom stereocenters. The third-order valence-electron chi connectivity index (χ3n) is 6.80. The molecule has 54 heavy (non-hydrogen) atoms. The van der Waals surface area contributed by atoms with E-state index in [4.69, 9.17) is 10.5 Å². The number of carbonyl (C=O) groups is 4. The quantitative estimate of drug-likeness (QED) is 0.0840. The van der Waals surface area contributed by atoms with E-state index in [0.717, 1.165) is 57.7 Å². The summed E-state index contributed by atoms with van der Waals surface area (Å²) in [6.07, 6.45) is 0. The standard InChI is InChI=1S/C17H15FN2O6.C9H10FNO2.C8H6FNO4.ClH/c1-25-16(21)11-5-8-13(14(9-11)20(23)24)19-15(17(22)26-2)10-3-6-12(18)7-4-10;1-13-9(12)8(11)6-2-4-7(10)5-3-6;1-14-8(11)5-2-3-6(9)7(4-5)10(12)13;/h3-9,15,19H,1-2H3;2-5,8H,11H2,1H3;2-4H,1H3;1H. The second-order valence-electron chi connectivity index (χ2n) is 10.1. The minimum absolute atomic E-state index is 0. The smallest absolute Gasteiger partial charge is 0.338 e. The van der Waals surface area contributed by atoms with Gasteiger partial charge in [0, 0.05) is 12.1 Å². The molecule has 288 valence electrons. The SMILES string of the molecule is COC(=O)C(N)c1ccc(F)cc1.COC(=O)c1ccc(F)c([N+](=O)[O-])c1.COC(=O)c1ccc(NC(C(=O)OC)c2ccc(F)cc2)c([N+](=O)[O-])c1.Cl. The summed E-state index contributed by atoms with van der Waals surface area (Å²) < 4.78 is 56.4. The van der Waals surface area contributed by atoms with Gasteiger partial charge in [-0.2, -0.15) is 4.39 Å². The summed E-state index contributed by atoms with van der Waals surface area (Å²) in [6.45, 7) is 0. The van der Waals surface area contributed by atoms with E-state index in [2.05, 4.69) is 19.5 Å². The Balaban J connectivity index is 0.000000440. The van der Waals surface area contributed by atoms with Gasteiger partial charge in [-0.05, 0) is 59.7 Å². The van der Waals surface area contributed by atoms with E-state index in [1.54, 1.807) is 0 Å². The van der Waals surface area contributed by atoms with Crippen LogP contribution in [0.25, 0.3) is 0 Å². The number of methoxy groups -OCH3 is 4. The molecule has 0 radical (unpaired) electrons. The average Bonchev–Trinajstić information content (AvgIpc) is 3.16. The van der Waals surface area contributed by atoms with Crippen molar-refractivity contribution < 1.29 is 61.1 Å². The molecule has 4 aromatic rings. The highest BCUT2D eigenvalue weighted by molar-refractivity contribution is 5.92. The molecule has 0 aliphatic carbocycles. The Morgan fingerprint density at radius 1 is 0.630 bits per heavy atom. The van der Waals surface area contributed by atoms with Gasteiger partial charge in [0.05, 0.1) is 49.4 Å². The van der Waals surface area contributed by atoms with Gasteiger partial charge in [0.1, 0.15) is 23.4 Å². The lowest BCUT2D eigenvalue weighted by molar-refractivity contribution is -0.387. The lowest BCUT2D eigenvalue weighted by Gasteiger charge is -2.18. The highest BCUT2D eigenvalue weighted by Crippen LogP contribution is 2.30.